The minimum atomic E-state index is -0.210. The van der Waals surface area contributed by atoms with E-state index < -0.39 is 0 Å². The van der Waals surface area contributed by atoms with E-state index in [1.165, 1.54) is 12.1 Å². The number of aromatic nitrogens is 3. The maximum absolute atomic E-state index is 12.8. The lowest BCUT2D eigenvalue weighted by atomic mass is 9.95. The summed E-state index contributed by atoms with van der Waals surface area (Å²) in [6, 6.07) is 6.50. The molecule has 2 aromatic rings. The SMILES string of the molecule is Cl.Cl.Fc1ccc(Cn2cc(C3CCNCC3)nn2)cc1. The zero-order valence-electron chi connectivity index (χ0n) is 11.5. The number of piperidine rings is 1. The fourth-order valence-electron chi connectivity index (χ4n) is 2.47. The van der Waals surface area contributed by atoms with E-state index in [0.717, 1.165) is 37.2 Å². The molecule has 21 heavy (non-hydrogen) atoms. The van der Waals surface area contributed by atoms with Crippen LogP contribution in [-0.4, -0.2) is 28.1 Å². The van der Waals surface area contributed by atoms with Gasteiger partial charge in [-0.1, -0.05) is 17.3 Å². The van der Waals surface area contributed by atoms with Crippen molar-refractivity contribution in [3.63, 3.8) is 0 Å². The Hall–Kier alpha value is -1.17. The van der Waals surface area contributed by atoms with E-state index in [2.05, 4.69) is 15.6 Å². The molecule has 1 aromatic carbocycles. The number of nitrogens with zero attached hydrogens (tertiary/aromatic N) is 3. The first-order valence-electron chi connectivity index (χ1n) is 6.66. The number of nitrogens with one attached hydrogen (secondary N) is 1. The van der Waals surface area contributed by atoms with Crippen molar-refractivity contribution in [1.29, 1.82) is 0 Å². The van der Waals surface area contributed by atoms with E-state index in [0.29, 0.717) is 12.5 Å². The van der Waals surface area contributed by atoms with Crippen LogP contribution in [0.4, 0.5) is 4.39 Å². The van der Waals surface area contributed by atoms with Crippen LogP contribution in [0.25, 0.3) is 0 Å². The van der Waals surface area contributed by atoms with Gasteiger partial charge in [-0.2, -0.15) is 0 Å². The molecule has 4 nitrogen and oxygen atoms in total. The van der Waals surface area contributed by atoms with Crippen LogP contribution in [0.3, 0.4) is 0 Å². The molecule has 0 radical (unpaired) electrons. The van der Waals surface area contributed by atoms with Gasteiger partial charge in [-0.05, 0) is 43.6 Å². The second-order valence-electron chi connectivity index (χ2n) is 4.99. The number of halogens is 3. The van der Waals surface area contributed by atoms with Crippen molar-refractivity contribution in [3.8, 4) is 0 Å². The van der Waals surface area contributed by atoms with Crippen molar-refractivity contribution < 1.29 is 4.39 Å². The van der Waals surface area contributed by atoms with Crippen molar-refractivity contribution in [3.05, 3.63) is 47.5 Å². The average molecular weight is 333 g/mol. The normalized spacial score (nSPS) is 15.1. The van der Waals surface area contributed by atoms with Gasteiger partial charge in [-0.3, -0.25) is 0 Å². The van der Waals surface area contributed by atoms with E-state index in [1.807, 2.05) is 10.9 Å². The van der Waals surface area contributed by atoms with Crippen LogP contribution in [0, 0.1) is 5.82 Å². The summed E-state index contributed by atoms with van der Waals surface area (Å²) in [5.74, 6) is 0.306. The highest BCUT2D eigenvalue weighted by molar-refractivity contribution is 5.85. The fraction of sp³-hybridized carbons (Fsp3) is 0.429. The van der Waals surface area contributed by atoms with E-state index in [9.17, 15) is 4.39 Å². The maximum atomic E-state index is 12.8. The van der Waals surface area contributed by atoms with Crippen LogP contribution in [0.2, 0.25) is 0 Å². The summed E-state index contributed by atoms with van der Waals surface area (Å²) >= 11 is 0. The Balaban J connectivity index is 0.00000110. The molecule has 1 fully saturated rings. The predicted molar refractivity (Wildman–Crippen MR) is 84.9 cm³/mol. The standard InChI is InChI=1S/C14H17FN4.2ClH/c15-13-3-1-11(2-4-13)9-19-10-14(17-18-19)12-5-7-16-8-6-12;;/h1-4,10,12,16H,5-9H2;2*1H. The first kappa shape index (κ1) is 17.9. The Morgan fingerprint density at radius 2 is 1.81 bits per heavy atom. The molecule has 3 rings (SSSR count). The summed E-state index contributed by atoms with van der Waals surface area (Å²) < 4.78 is 14.7. The molecule has 1 aliphatic heterocycles. The molecule has 0 spiro atoms. The van der Waals surface area contributed by atoms with Crippen LogP contribution < -0.4 is 5.32 Å². The molecule has 0 bridgehead atoms. The fourth-order valence-corrected chi connectivity index (χ4v) is 2.47. The Morgan fingerprint density at radius 1 is 1.14 bits per heavy atom. The van der Waals surface area contributed by atoms with Gasteiger partial charge in [0, 0.05) is 12.1 Å². The summed E-state index contributed by atoms with van der Waals surface area (Å²) in [6.45, 7) is 2.74. The largest absolute Gasteiger partial charge is 0.317 e. The second kappa shape index (κ2) is 8.32. The third kappa shape index (κ3) is 4.66. The van der Waals surface area contributed by atoms with E-state index in [-0.39, 0.29) is 30.6 Å². The molecule has 0 aliphatic carbocycles. The van der Waals surface area contributed by atoms with Gasteiger partial charge in [0.1, 0.15) is 5.82 Å². The molecule has 0 unspecified atom stereocenters. The highest BCUT2D eigenvalue weighted by atomic mass is 35.5. The molecule has 1 aromatic heterocycles. The molecular weight excluding hydrogens is 314 g/mol. The maximum Gasteiger partial charge on any atom is 0.123 e. The van der Waals surface area contributed by atoms with Crippen molar-refractivity contribution >= 4 is 24.8 Å². The topological polar surface area (TPSA) is 42.7 Å². The summed E-state index contributed by atoms with van der Waals surface area (Å²) in [5.41, 5.74) is 2.10. The molecular formula is C14H19Cl2FN4. The van der Waals surface area contributed by atoms with Crippen molar-refractivity contribution in [2.45, 2.75) is 25.3 Å². The number of hydrogen-bond donors (Lipinski definition) is 1. The summed E-state index contributed by atoms with van der Waals surface area (Å²) in [4.78, 5) is 0. The van der Waals surface area contributed by atoms with E-state index >= 15 is 0 Å². The van der Waals surface area contributed by atoms with Crippen LogP contribution in [0.15, 0.2) is 30.5 Å². The molecule has 7 heteroatoms. The first-order chi connectivity index (χ1) is 9.31. The van der Waals surface area contributed by atoms with Crippen LogP contribution in [0.1, 0.15) is 30.0 Å². The minimum absolute atomic E-state index is 0. The van der Waals surface area contributed by atoms with Crippen molar-refractivity contribution in [2.24, 2.45) is 0 Å². The lowest BCUT2D eigenvalue weighted by Crippen LogP contribution is -2.26. The highest BCUT2D eigenvalue weighted by Crippen LogP contribution is 2.22. The van der Waals surface area contributed by atoms with Crippen LogP contribution >= 0.6 is 24.8 Å². The Bertz CT molecular complexity index is 538. The molecule has 2 heterocycles. The Morgan fingerprint density at radius 3 is 2.48 bits per heavy atom. The number of rotatable bonds is 3. The Kier molecular flexibility index (Phi) is 7.08. The van der Waals surface area contributed by atoms with Gasteiger partial charge >= 0.3 is 0 Å². The van der Waals surface area contributed by atoms with Crippen molar-refractivity contribution in [1.82, 2.24) is 20.3 Å². The second-order valence-corrected chi connectivity index (χ2v) is 4.99. The first-order valence-corrected chi connectivity index (χ1v) is 6.66. The van der Waals surface area contributed by atoms with Crippen molar-refractivity contribution in [2.75, 3.05) is 13.1 Å². The Labute approximate surface area is 135 Å². The quantitative estimate of drug-likeness (QED) is 0.939. The average Bonchev–Trinajstić information content (AvgIpc) is 2.91. The zero-order chi connectivity index (χ0) is 13.1. The summed E-state index contributed by atoms with van der Waals surface area (Å²) in [7, 11) is 0. The molecule has 1 aliphatic rings. The highest BCUT2D eigenvalue weighted by Gasteiger charge is 2.18. The molecule has 1 N–H and O–H groups in total. The van der Waals surface area contributed by atoms with Gasteiger partial charge < -0.3 is 5.32 Å². The van der Waals surface area contributed by atoms with Gasteiger partial charge in [0.05, 0.1) is 12.2 Å². The predicted octanol–water partition coefficient (Wildman–Crippen LogP) is 2.78. The van der Waals surface area contributed by atoms with Gasteiger partial charge in [0.2, 0.25) is 0 Å². The van der Waals surface area contributed by atoms with Gasteiger partial charge in [-0.15, -0.1) is 29.9 Å². The van der Waals surface area contributed by atoms with Gasteiger partial charge in [-0.25, -0.2) is 9.07 Å². The van der Waals surface area contributed by atoms with Gasteiger partial charge in [0.15, 0.2) is 0 Å². The molecule has 0 atom stereocenters. The lowest BCUT2D eigenvalue weighted by molar-refractivity contribution is 0.453. The summed E-state index contributed by atoms with van der Waals surface area (Å²) in [5, 5.41) is 11.8. The van der Waals surface area contributed by atoms with Crippen LogP contribution in [-0.2, 0) is 6.54 Å². The van der Waals surface area contributed by atoms with E-state index in [4.69, 9.17) is 0 Å². The molecule has 116 valence electrons. The third-order valence-electron chi connectivity index (χ3n) is 3.57. The number of benzene rings is 1. The van der Waals surface area contributed by atoms with E-state index in [1.54, 1.807) is 12.1 Å². The molecule has 0 saturated carbocycles. The number of hydrogen-bond acceptors (Lipinski definition) is 3. The minimum Gasteiger partial charge on any atom is -0.317 e. The smallest absolute Gasteiger partial charge is 0.123 e. The van der Waals surface area contributed by atoms with Gasteiger partial charge in [0.25, 0.3) is 0 Å². The summed E-state index contributed by atoms with van der Waals surface area (Å²) in [6.07, 6.45) is 4.25. The van der Waals surface area contributed by atoms with Crippen LogP contribution in [0.5, 0.6) is 0 Å². The monoisotopic (exact) mass is 332 g/mol. The third-order valence-corrected chi connectivity index (χ3v) is 3.57. The molecule has 0 amide bonds. The zero-order valence-corrected chi connectivity index (χ0v) is 13.2. The lowest BCUT2D eigenvalue weighted by Gasteiger charge is -2.20. The molecule has 1 saturated heterocycles.